The van der Waals surface area contributed by atoms with Crippen LogP contribution in [0, 0.1) is 5.92 Å². The number of carbonyl (C=O) groups is 1. The highest BCUT2D eigenvalue weighted by molar-refractivity contribution is 7.89. The molecule has 1 aromatic heterocycles. The first-order valence-corrected chi connectivity index (χ1v) is 8.14. The number of hydrogen-bond acceptors (Lipinski definition) is 5. The molecule has 0 radical (unpaired) electrons. The molecule has 2 heterocycles. The number of esters is 1. The van der Waals surface area contributed by atoms with Gasteiger partial charge in [0.1, 0.15) is 5.02 Å². The second kappa shape index (κ2) is 6.17. The summed E-state index contributed by atoms with van der Waals surface area (Å²) in [6.07, 6.45) is 2.26. The molecule has 9 heteroatoms. The molecule has 1 fully saturated rings. The summed E-state index contributed by atoms with van der Waals surface area (Å²) >= 11 is 5.66. The molecule has 1 atom stereocenters. The van der Waals surface area contributed by atoms with Gasteiger partial charge in [0.15, 0.2) is 0 Å². The molecule has 2 rings (SSSR count). The van der Waals surface area contributed by atoms with Gasteiger partial charge in [0.05, 0.1) is 17.9 Å². The average molecular weight is 335 g/mol. The quantitative estimate of drug-likeness (QED) is 0.817. The summed E-state index contributed by atoms with van der Waals surface area (Å²) in [6, 6.07) is 1.11. The van der Waals surface area contributed by atoms with Crippen molar-refractivity contribution in [2.24, 2.45) is 5.92 Å². The number of aromatic nitrogens is 1. The van der Waals surface area contributed by atoms with Gasteiger partial charge < -0.3 is 9.72 Å². The Morgan fingerprint density at radius 1 is 1.52 bits per heavy atom. The van der Waals surface area contributed by atoms with Crippen LogP contribution in [0.5, 0.6) is 0 Å². The van der Waals surface area contributed by atoms with Crippen molar-refractivity contribution >= 4 is 27.6 Å². The van der Waals surface area contributed by atoms with Gasteiger partial charge in [-0.25, -0.2) is 8.42 Å². The van der Waals surface area contributed by atoms with E-state index in [1.165, 1.54) is 11.4 Å². The largest absolute Gasteiger partial charge is 0.469 e. The number of H-pyrrole nitrogens is 1. The summed E-state index contributed by atoms with van der Waals surface area (Å²) in [5.41, 5.74) is -0.554. The van der Waals surface area contributed by atoms with Gasteiger partial charge in [0.25, 0.3) is 5.56 Å². The Morgan fingerprint density at radius 3 is 2.86 bits per heavy atom. The third-order valence-electron chi connectivity index (χ3n) is 3.39. The lowest BCUT2D eigenvalue weighted by molar-refractivity contribution is -0.146. The van der Waals surface area contributed by atoms with Crippen LogP contribution in [0.1, 0.15) is 12.8 Å². The molecule has 1 N–H and O–H groups in total. The van der Waals surface area contributed by atoms with E-state index in [4.69, 9.17) is 11.6 Å². The van der Waals surface area contributed by atoms with E-state index < -0.39 is 27.5 Å². The number of nitrogens with one attached hydrogen (secondary N) is 1. The Bertz CT molecular complexity index is 700. The Balaban J connectivity index is 2.28. The first-order valence-electron chi connectivity index (χ1n) is 6.32. The number of nitrogens with zero attached hydrogens (tertiary/aromatic N) is 1. The lowest BCUT2D eigenvalue weighted by atomic mass is 10.0. The van der Waals surface area contributed by atoms with Crippen LogP contribution >= 0.6 is 11.6 Å². The first kappa shape index (κ1) is 16.0. The van der Waals surface area contributed by atoms with E-state index in [0.29, 0.717) is 19.4 Å². The minimum absolute atomic E-state index is 0.0613. The molecule has 116 valence electrons. The number of sulfonamides is 1. The minimum Gasteiger partial charge on any atom is -0.469 e. The average Bonchev–Trinajstić information content (AvgIpc) is 2.49. The van der Waals surface area contributed by atoms with Crippen molar-refractivity contribution in [1.29, 1.82) is 0 Å². The maximum atomic E-state index is 12.5. The van der Waals surface area contributed by atoms with Gasteiger partial charge in [-0.3, -0.25) is 9.59 Å². The molecule has 1 saturated heterocycles. The van der Waals surface area contributed by atoms with Crippen molar-refractivity contribution in [3.8, 4) is 0 Å². The smallest absolute Gasteiger partial charge is 0.309 e. The van der Waals surface area contributed by atoms with Crippen molar-refractivity contribution in [1.82, 2.24) is 9.29 Å². The Labute approximate surface area is 126 Å². The van der Waals surface area contributed by atoms with Gasteiger partial charge in [-0.15, -0.1) is 0 Å². The SMILES string of the molecule is COC(=O)C1CCCN(S(=O)(=O)c2c[nH]c(=O)c(Cl)c2)C1. The second-order valence-corrected chi connectivity index (χ2v) is 7.08. The molecule has 1 unspecified atom stereocenters. The van der Waals surface area contributed by atoms with Crippen LogP contribution in [-0.2, 0) is 19.6 Å². The maximum absolute atomic E-state index is 12.5. The van der Waals surface area contributed by atoms with E-state index in [9.17, 15) is 18.0 Å². The molecule has 1 aromatic rings. The summed E-state index contributed by atoms with van der Waals surface area (Å²) in [6.45, 7) is 0.373. The van der Waals surface area contributed by atoms with E-state index >= 15 is 0 Å². The molecular weight excluding hydrogens is 320 g/mol. The molecule has 1 aliphatic heterocycles. The zero-order valence-corrected chi connectivity index (χ0v) is 12.9. The molecule has 0 amide bonds. The molecular formula is C12H15ClN2O5S. The number of halogens is 1. The summed E-state index contributed by atoms with van der Waals surface area (Å²) in [7, 11) is -2.53. The summed E-state index contributed by atoms with van der Waals surface area (Å²) in [5, 5.41) is -0.197. The lowest BCUT2D eigenvalue weighted by Crippen LogP contribution is -2.42. The summed E-state index contributed by atoms with van der Waals surface area (Å²) < 4.78 is 30.9. The van der Waals surface area contributed by atoms with Crippen LogP contribution in [0.4, 0.5) is 0 Å². The van der Waals surface area contributed by atoms with Gasteiger partial charge in [-0.1, -0.05) is 11.6 Å². The van der Waals surface area contributed by atoms with Gasteiger partial charge in [0, 0.05) is 19.3 Å². The normalized spacial score (nSPS) is 20.2. The lowest BCUT2D eigenvalue weighted by Gasteiger charge is -2.30. The number of ether oxygens (including phenoxy) is 1. The van der Waals surface area contributed by atoms with Crippen molar-refractivity contribution in [2.75, 3.05) is 20.2 Å². The maximum Gasteiger partial charge on any atom is 0.309 e. The van der Waals surface area contributed by atoms with Crippen molar-refractivity contribution < 1.29 is 17.9 Å². The molecule has 1 aliphatic rings. The Kier molecular flexibility index (Phi) is 4.70. The minimum atomic E-state index is -3.80. The Morgan fingerprint density at radius 2 is 2.24 bits per heavy atom. The Hall–Kier alpha value is -1.38. The van der Waals surface area contributed by atoms with Gasteiger partial charge >= 0.3 is 5.97 Å². The van der Waals surface area contributed by atoms with Crippen molar-refractivity contribution in [2.45, 2.75) is 17.7 Å². The highest BCUT2D eigenvalue weighted by Crippen LogP contribution is 2.24. The number of piperidine rings is 1. The first-order chi connectivity index (χ1) is 9.86. The molecule has 0 saturated carbocycles. The van der Waals surface area contributed by atoms with Crippen LogP contribution < -0.4 is 5.56 Å². The van der Waals surface area contributed by atoms with E-state index in [2.05, 4.69) is 9.72 Å². The van der Waals surface area contributed by atoms with Crippen molar-refractivity contribution in [3.63, 3.8) is 0 Å². The van der Waals surface area contributed by atoms with Gasteiger partial charge in [0.2, 0.25) is 10.0 Å². The zero-order chi connectivity index (χ0) is 15.6. The second-order valence-electron chi connectivity index (χ2n) is 4.74. The predicted molar refractivity (Wildman–Crippen MR) is 75.6 cm³/mol. The van der Waals surface area contributed by atoms with E-state index in [0.717, 1.165) is 12.3 Å². The molecule has 21 heavy (non-hydrogen) atoms. The standard InChI is InChI=1S/C12H15ClN2O5S/c1-20-12(17)8-3-2-4-15(7-8)21(18,19)9-5-10(13)11(16)14-6-9/h5-6,8H,2-4,7H2,1H3,(H,14,16). The molecule has 0 aromatic carbocycles. The van der Waals surface area contributed by atoms with E-state index in [-0.39, 0.29) is 16.5 Å². The number of rotatable bonds is 3. The van der Waals surface area contributed by atoms with Crippen LogP contribution in [-0.4, -0.2) is 43.9 Å². The van der Waals surface area contributed by atoms with Crippen LogP contribution in [0.2, 0.25) is 5.02 Å². The number of hydrogen-bond donors (Lipinski definition) is 1. The van der Waals surface area contributed by atoms with Crippen LogP contribution in [0.15, 0.2) is 22.0 Å². The predicted octanol–water partition coefficient (Wildman–Crippen LogP) is 0.602. The highest BCUT2D eigenvalue weighted by Gasteiger charge is 2.34. The molecule has 0 aliphatic carbocycles. The number of aromatic amines is 1. The number of pyridine rings is 1. The zero-order valence-electron chi connectivity index (χ0n) is 11.3. The van der Waals surface area contributed by atoms with E-state index in [1.807, 2.05) is 0 Å². The third-order valence-corrected chi connectivity index (χ3v) is 5.51. The summed E-state index contributed by atoms with van der Waals surface area (Å²) in [4.78, 5) is 24.9. The van der Waals surface area contributed by atoms with Crippen LogP contribution in [0.25, 0.3) is 0 Å². The summed E-state index contributed by atoms with van der Waals surface area (Å²) in [5.74, 6) is -0.897. The fraction of sp³-hybridized carbons (Fsp3) is 0.500. The van der Waals surface area contributed by atoms with E-state index in [1.54, 1.807) is 0 Å². The fourth-order valence-corrected chi connectivity index (χ4v) is 4.01. The highest BCUT2D eigenvalue weighted by atomic mass is 35.5. The third kappa shape index (κ3) is 3.28. The van der Waals surface area contributed by atoms with Crippen molar-refractivity contribution in [3.05, 3.63) is 27.6 Å². The monoisotopic (exact) mass is 334 g/mol. The number of carbonyl (C=O) groups excluding carboxylic acids is 1. The van der Waals surface area contributed by atoms with Gasteiger partial charge in [-0.05, 0) is 18.9 Å². The van der Waals surface area contributed by atoms with Gasteiger partial charge in [-0.2, -0.15) is 4.31 Å². The topological polar surface area (TPSA) is 96.5 Å². The molecule has 0 spiro atoms. The molecule has 7 nitrogen and oxygen atoms in total. The number of methoxy groups -OCH3 is 1. The van der Waals surface area contributed by atoms with Crippen LogP contribution in [0.3, 0.4) is 0 Å². The fourth-order valence-electron chi connectivity index (χ4n) is 2.26. The molecule has 0 bridgehead atoms.